The van der Waals surface area contributed by atoms with Crippen LogP contribution in [0, 0.1) is 5.92 Å². The first-order valence-electron chi connectivity index (χ1n) is 6.51. The molecule has 1 aromatic rings. The summed E-state index contributed by atoms with van der Waals surface area (Å²) in [6.07, 6.45) is 1.85. The van der Waals surface area contributed by atoms with E-state index in [2.05, 4.69) is 13.8 Å². The second-order valence-corrected chi connectivity index (χ2v) is 4.71. The Bertz CT molecular complexity index is 348. The Labute approximate surface area is 109 Å². The molecule has 0 aliphatic rings. The number of carboxylic acid groups (broad SMARTS) is 1. The van der Waals surface area contributed by atoms with E-state index < -0.39 is 12.1 Å². The van der Waals surface area contributed by atoms with Crippen molar-refractivity contribution in [3.63, 3.8) is 0 Å². The molecule has 0 bridgehead atoms. The molecular weight excluding hydrogens is 228 g/mol. The topological polar surface area (TPSA) is 46.5 Å². The lowest BCUT2D eigenvalue weighted by Crippen LogP contribution is -2.24. The SMILES string of the molecule is CCC(C)CCC(OCc1ccccc1)C(=O)O. The average Bonchev–Trinajstić information content (AvgIpc) is 2.39. The van der Waals surface area contributed by atoms with Gasteiger partial charge in [0.1, 0.15) is 0 Å². The quantitative estimate of drug-likeness (QED) is 0.768. The number of hydrogen-bond acceptors (Lipinski definition) is 2. The molecule has 0 aliphatic heterocycles. The zero-order chi connectivity index (χ0) is 13.4. The van der Waals surface area contributed by atoms with Gasteiger partial charge < -0.3 is 9.84 Å². The van der Waals surface area contributed by atoms with Crippen LogP contribution in [-0.2, 0) is 16.1 Å². The number of aliphatic carboxylic acids is 1. The molecule has 0 aromatic heterocycles. The molecule has 0 heterocycles. The van der Waals surface area contributed by atoms with Crippen molar-refractivity contribution in [2.75, 3.05) is 0 Å². The maximum Gasteiger partial charge on any atom is 0.332 e. The Balaban J connectivity index is 2.41. The lowest BCUT2D eigenvalue weighted by atomic mass is 10.0. The van der Waals surface area contributed by atoms with E-state index in [0.29, 0.717) is 18.9 Å². The molecule has 1 N–H and O–H groups in total. The average molecular weight is 250 g/mol. The normalized spacial score (nSPS) is 14.1. The standard InChI is InChI=1S/C15H22O3/c1-3-12(2)9-10-14(15(16)17)18-11-13-7-5-4-6-8-13/h4-8,12,14H,3,9-11H2,1-2H3,(H,16,17). The Morgan fingerprint density at radius 1 is 1.28 bits per heavy atom. The third-order valence-corrected chi connectivity index (χ3v) is 3.19. The highest BCUT2D eigenvalue weighted by Gasteiger charge is 2.18. The van der Waals surface area contributed by atoms with E-state index in [1.54, 1.807) is 0 Å². The van der Waals surface area contributed by atoms with Crippen LogP contribution in [0.5, 0.6) is 0 Å². The van der Waals surface area contributed by atoms with Gasteiger partial charge in [-0.05, 0) is 24.3 Å². The molecule has 1 aromatic carbocycles. The molecule has 2 atom stereocenters. The predicted octanol–water partition coefficient (Wildman–Crippen LogP) is 3.48. The minimum atomic E-state index is -0.866. The summed E-state index contributed by atoms with van der Waals surface area (Å²) in [5.41, 5.74) is 1.01. The summed E-state index contributed by atoms with van der Waals surface area (Å²) in [6.45, 7) is 4.61. The zero-order valence-electron chi connectivity index (χ0n) is 11.1. The summed E-state index contributed by atoms with van der Waals surface area (Å²) in [4.78, 5) is 11.1. The van der Waals surface area contributed by atoms with E-state index in [9.17, 15) is 4.79 Å². The molecule has 0 saturated carbocycles. The van der Waals surface area contributed by atoms with Gasteiger partial charge in [-0.1, -0.05) is 50.6 Å². The van der Waals surface area contributed by atoms with Crippen LogP contribution in [0.4, 0.5) is 0 Å². The highest BCUT2D eigenvalue weighted by Crippen LogP contribution is 2.14. The third-order valence-electron chi connectivity index (χ3n) is 3.19. The molecule has 3 nitrogen and oxygen atoms in total. The first-order chi connectivity index (χ1) is 8.63. The minimum absolute atomic E-state index is 0.359. The Morgan fingerprint density at radius 3 is 2.50 bits per heavy atom. The van der Waals surface area contributed by atoms with Crippen LogP contribution in [0.3, 0.4) is 0 Å². The van der Waals surface area contributed by atoms with Gasteiger partial charge in [0.25, 0.3) is 0 Å². The van der Waals surface area contributed by atoms with Gasteiger partial charge in [0.05, 0.1) is 6.61 Å². The number of rotatable bonds is 8. The zero-order valence-corrected chi connectivity index (χ0v) is 11.1. The lowest BCUT2D eigenvalue weighted by Gasteiger charge is -2.15. The van der Waals surface area contributed by atoms with E-state index >= 15 is 0 Å². The highest BCUT2D eigenvalue weighted by atomic mass is 16.5. The van der Waals surface area contributed by atoms with Crippen LogP contribution in [0.2, 0.25) is 0 Å². The fourth-order valence-electron chi connectivity index (χ4n) is 1.69. The highest BCUT2D eigenvalue weighted by molar-refractivity contribution is 5.72. The van der Waals surface area contributed by atoms with E-state index in [1.807, 2.05) is 30.3 Å². The molecule has 0 spiro atoms. The fourth-order valence-corrected chi connectivity index (χ4v) is 1.69. The van der Waals surface area contributed by atoms with Gasteiger partial charge in [-0.3, -0.25) is 0 Å². The molecule has 3 heteroatoms. The van der Waals surface area contributed by atoms with Crippen LogP contribution in [0.1, 0.15) is 38.7 Å². The number of carboxylic acids is 1. The molecule has 100 valence electrons. The Hall–Kier alpha value is -1.35. The van der Waals surface area contributed by atoms with E-state index in [4.69, 9.17) is 9.84 Å². The van der Waals surface area contributed by atoms with Crippen molar-refractivity contribution in [2.24, 2.45) is 5.92 Å². The first-order valence-corrected chi connectivity index (χ1v) is 6.51. The molecule has 18 heavy (non-hydrogen) atoms. The van der Waals surface area contributed by atoms with Gasteiger partial charge in [0, 0.05) is 0 Å². The van der Waals surface area contributed by atoms with E-state index in [1.165, 1.54) is 0 Å². The number of hydrogen-bond donors (Lipinski definition) is 1. The lowest BCUT2D eigenvalue weighted by molar-refractivity contribution is -0.151. The Morgan fingerprint density at radius 2 is 1.94 bits per heavy atom. The number of ether oxygens (including phenoxy) is 1. The fraction of sp³-hybridized carbons (Fsp3) is 0.533. The molecule has 0 amide bonds. The molecule has 1 rings (SSSR count). The van der Waals surface area contributed by atoms with Crippen LogP contribution in [-0.4, -0.2) is 17.2 Å². The van der Waals surface area contributed by atoms with E-state index in [0.717, 1.165) is 18.4 Å². The molecule has 0 aliphatic carbocycles. The number of carbonyl (C=O) groups is 1. The summed E-state index contributed by atoms with van der Waals surface area (Å²) < 4.78 is 5.48. The van der Waals surface area contributed by atoms with Crippen molar-refractivity contribution in [2.45, 2.75) is 45.8 Å². The minimum Gasteiger partial charge on any atom is -0.479 e. The van der Waals surface area contributed by atoms with Crippen molar-refractivity contribution in [3.05, 3.63) is 35.9 Å². The summed E-state index contributed by atoms with van der Waals surface area (Å²) in [5.74, 6) is -0.318. The molecule has 0 saturated heterocycles. The third kappa shape index (κ3) is 5.32. The van der Waals surface area contributed by atoms with Crippen LogP contribution < -0.4 is 0 Å². The van der Waals surface area contributed by atoms with Gasteiger partial charge in [0.15, 0.2) is 6.10 Å². The molecule has 2 unspecified atom stereocenters. The van der Waals surface area contributed by atoms with Gasteiger partial charge >= 0.3 is 5.97 Å². The summed E-state index contributed by atoms with van der Waals surface area (Å²) in [7, 11) is 0. The van der Waals surface area contributed by atoms with Crippen molar-refractivity contribution in [3.8, 4) is 0 Å². The summed E-state index contributed by atoms with van der Waals surface area (Å²) in [6, 6.07) is 9.66. The molecule has 0 radical (unpaired) electrons. The van der Waals surface area contributed by atoms with Crippen LogP contribution >= 0.6 is 0 Å². The molecule has 0 fully saturated rings. The number of benzene rings is 1. The maximum atomic E-state index is 11.1. The second-order valence-electron chi connectivity index (χ2n) is 4.71. The summed E-state index contributed by atoms with van der Waals surface area (Å²) >= 11 is 0. The Kier molecular flexibility index (Phi) is 6.44. The second kappa shape index (κ2) is 7.88. The maximum absolute atomic E-state index is 11.1. The van der Waals surface area contributed by atoms with Crippen LogP contribution in [0.25, 0.3) is 0 Å². The van der Waals surface area contributed by atoms with Gasteiger partial charge in [-0.2, -0.15) is 0 Å². The van der Waals surface area contributed by atoms with Crippen molar-refractivity contribution >= 4 is 5.97 Å². The van der Waals surface area contributed by atoms with Crippen molar-refractivity contribution in [1.82, 2.24) is 0 Å². The largest absolute Gasteiger partial charge is 0.479 e. The molecular formula is C15H22O3. The first kappa shape index (κ1) is 14.7. The van der Waals surface area contributed by atoms with Gasteiger partial charge in [-0.15, -0.1) is 0 Å². The smallest absolute Gasteiger partial charge is 0.332 e. The summed E-state index contributed by atoms with van der Waals surface area (Å²) in [5, 5.41) is 9.11. The van der Waals surface area contributed by atoms with Crippen molar-refractivity contribution in [1.29, 1.82) is 0 Å². The monoisotopic (exact) mass is 250 g/mol. The van der Waals surface area contributed by atoms with Gasteiger partial charge in [0.2, 0.25) is 0 Å². The van der Waals surface area contributed by atoms with Crippen molar-refractivity contribution < 1.29 is 14.6 Å². The predicted molar refractivity (Wildman–Crippen MR) is 71.3 cm³/mol. The van der Waals surface area contributed by atoms with Gasteiger partial charge in [-0.25, -0.2) is 4.79 Å². The van der Waals surface area contributed by atoms with E-state index in [-0.39, 0.29) is 0 Å². The van der Waals surface area contributed by atoms with Crippen LogP contribution in [0.15, 0.2) is 30.3 Å².